The number of nitrogens with zero attached hydrogens (tertiary/aromatic N) is 2. The average Bonchev–Trinajstić information content (AvgIpc) is 2.65. The predicted molar refractivity (Wildman–Crippen MR) is 102 cm³/mol. The van der Waals surface area contributed by atoms with Crippen LogP contribution in [0.5, 0.6) is 0 Å². The zero-order chi connectivity index (χ0) is 19.1. The lowest BCUT2D eigenvalue weighted by Gasteiger charge is -2.23. The fourth-order valence-corrected chi connectivity index (χ4v) is 3.77. The van der Waals surface area contributed by atoms with Gasteiger partial charge < -0.3 is 5.11 Å². The van der Waals surface area contributed by atoms with Gasteiger partial charge in [-0.05, 0) is 23.8 Å². The van der Waals surface area contributed by atoms with Crippen LogP contribution in [0.3, 0.4) is 0 Å². The van der Waals surface area contributed by atoms with Crippen molar-refractivity contribution in [2.45, 2.75) is 25.4 Å². The Kier molecular flexibility index (Phi) is 7.11. The van der Waals surface area contributed by atoms with Crippen LogP contribution in [0.15, 0.2) is 48.5 Å². The van der Waals surface area contributed by atoms with E-state index in [1.54, 1.807) is 42.1 Å². The maximum atomic E-state index is 11.3. The molecule has 8 heteroatoms. The van der Waals surface area contributed by atoms with Crippen molar-refractivity contribution in [2.24, 2.45) is 0 Å². The van der Waals surface area contributed by atoms with Gasteiger partial charge in [0.1, 0.15) is 0 Å². The van der Waals surface area contributed by atoms with E-state index in [0.717, 1.165) is 12.2 Å². The molecule has 2 unspecified atom stereocenters. The first-order chi connectivity index (χ1) is 12.5. The summed E-state index contributed by atoms with van der Waals surface area (Å²) in [4.78, 5) is 21.1. The van der Waals surface area contributed by atoms with Crippen LogP contribution in [0.4, 0.5) is 11.4 Å². The number of aliphatic hydroxyl groups is 1. The van der Waals surface area contributed by atoms with Crippen molar-refractivity contribution in [3.05, 3.63) is 79.9 Å². The summed E-state index contributed by atoms with van der Waals surface area (Å²) in [6.07, 6.45) is -0.110. The third-order valence-electron chi connectivity index (χ3n) is 4.01. The summed E-state index contributed by atoms with van der Waals surface area (Å²) >= 11 is 1.64. The van der Waals surface area contributed by atoms with Gasteiger partial charge in [-0.1, -0.05) is 31.2 Å². The lowest BCUT2D eigenvalue weighted by atomic mass is 9.89. The van der Waals surface area contributed by atoms with Crippen molar-refractivity contribution in [2.75, 3.05) is 11.5 Å². The van der Waals surface area contributed by atoms with Crippen molar-refractivity contribution in [1.82, 2.24) is 0 Å². The molecule has 0 aliphatic carbocycles. The maximum Gasteiger partial charge on any atom is 0.275 e. The largest absolute Gasteiger partial charge is 0.387 e. The molecule has 138 valence electrons. The summed E-state index contributed by atoms with van der Waals surface area (Å²) < 4.78 is 0. The van der Waals surface area contributed by atoms with Crippen LogP contribution in [-0.2, 0) is 0 Å². The Bertz CT molecular complexity index is 766. The Hall–Kier alpha value is -2.45. The van der Waals surface area contributed by atoms with Gasteiger partial charge >= 0.3 is 0 Å². The van der Waals surface area contributed by atoms with Gasteiger partial charge in [0.25, 0.3) is 11.4 Å². The first kappa shape index (κ1) is 19.9. The molecule has 0 aliphatic heterocycles. The number of hydrogen-bond donors (Lipinski definition) is 1. The quantitative estimate of drug-likeness (QED) is 0.393. The van der Waals surface area contributed by atoms with Gasteiger partial charge in [-0.3, -0.25) is 20.2 Å². The number of nitro groups is 2. The Balaban J connectivity index is 2.37. The van der Waals surface area contributed by atoms with Gasteiger partial charge in [-0.2, -0.15) is 11.8 Å². The van der Waals surface area contributed by atoms with E-state index >= 15 is 0 Å². The van der Waals surface area contributed by atoms with E-state index in [4.69, 9.17) is 0 Å². The van der Waals surface area contributed by atoms with Gasteiger partial charge in [-0.25, -0.2) is 0 Å². The molecule has 2 rings (SSSR count). The Morgan fingerprint density at radius 2 is 1.69 bits per heavy atom. The Labute approximate surface area is 155 Å². The molecule has 2 aromatic carbocycles. The highest BCUT2D eigenvalue weighted by atomic mass is 32.2. The average molecular weight is 376 g/mol. The summed E-state index contributed by atoms with van der Waals surface area (Å²) in [5.74, 6) is 1.04. The fraction of sp³-hybridized carbons (Fsp3) is 0.333. The van der Waals surface area contributed by atoms with Crippen LogP contribution in [0, 0.1) is 20.2 Å². The normalized spacial score (nSPS) is 13.2. The molecule has 7 nitrogen and oxygen atoms in total. The molecule has 0 amide bonds. The third kappa shape index (κ3) is 4.80. The molecule has 0 aromatic heterocycles. The second-order valence-corrected chi connectivity index (χ2v) is 6.94. The lowest BCUT2D eigenvalue weighted by molar-refractivity contribution is -0.386. The van der Waals surface area contributed by atoms with Crippen LogP contribution in [0.2, 0.25) is 0 Å². The van der Waals surface area contributed by atoms with Crippen LogP contribution >= 0.6 is 11.8 Å². The highest BCUT2D eigenvalue weighted by Crippen LogP contribution is 2.38. The summed E-state index contributed by atoms with van der Waals surface area (Å²) in [5.41, 5.74) is 0.795. The van der Waals surface area contributed by atoms with Crippen molar-refractivity contribution in [3.63, 3.8) is 0 Å². The minimum atomic E-state index is -1.08. The zero-order valence-corrected chi connectivity index (χ0v) is 15.1. The van der Waals surface area contributed by atoms with Crippen molar-refractivity contribution >= 4 is 23.1 Å². The molecule has 26 heavy (non-hydrogen) atoms. The van der Waals surface area contributed by atoms with Gasteiger partial charge in [-0.15, -0.1) is 0 Å². The molecule has 0 aliphatic rings. The monoisotopic (exact) mass is 376 g/mol. The molecule has 2 atom stereocenters. The molecule has 0 heterocycles. The Morgan fingerprint density at radius 3 is 2.27 bits per heavy atom. The number of hydrogen-bond acceptors (Lipinski definition) is 6. The third-order valence-corrected chi connectivity index (χ3v) is 5.30. The number of thioether (sulfide) groups is 1. The van der Waals surface area contributed by atoms with Crippen molar-refractivity contribution in [3.8, 4) is 0 Å². The van der Waals surface area contributed by atoms with E-state index in [0.29, 0.717) is 11.3 Å². The highest BCUT2D eigenvalue weighted by molar-refractivity contribution is 7.99. The smallest absolute Gasteiger partial charge is 0.275 e. The summed E-state index contributed by atoms with van der Waals surface area (Å²) in [6, 6.07) is 12.1. The number of rotatable bonds is 9. The molecular weight excluding hydrogens is 356 g/mol. The molecule has 2 aromatic rings. The van der Waals surface area contributed by atoms with E-state index in [-0.39, 0.29) is 16.9 Å². The van der Waals surface area contributed by atoms with Crippen LogP contribution < -0.4 is 0 Å². The predicted octanol–water partition coefficient (Wildman–Crippen LogP) is 4.46. The minimum absolute atomic E-state index is 0.0334. The number of nitro benzene ring substituents is 2. The van der Waals surface area contributed by atoms with Crippen LogP contribution in [-0.4, -0.2) is 26.5 Å². The van der Waals surface area contributed by atoms with E-state index in [9.17, 15) is 25.3 Å². The van der Waals surface area contributed by atoms with Gasteiger partial charge in [0, 0.05) is 29.9 Å². The number of non-ortho nitro benzene ring substituents is 1. The highest BCUT2D eigenvalue weighted by Gasteiger charge is 2.28. The Morgan fingerprint density at radius 1 is 1.04 bits per heavy atom. The first-order valence-corrected chi connectivity index (χ1v) is 9.34. The number of benzene rings is 2. The molecule has 0 bridgehead atoms. The van der Waals surface area contributed by atoms with Crippen LogP contribution in [0.1, 0.15) is 36.5 Å². The fourth-order valence-electron chi connectivity index (χ4n) is 2.69. The zero-order valence-electron chi connectivity index (χ0n) is 14.3. The topological polar surface area (TPSA) is 107 Å². The van der Waals surface area contributed by atoms with E-state index < -0.39 is 21.9 Å². The van der Waals surface area contributed by atoms with Gasteiger partial charge in [0.05, 0.1) is 21.5 Å². The van der Waals surface area contributed by atoms with Crippen molar-refractivity contribution in [1.29, 1.82) is 0 Å². The first-order valence-electron chi connectivity index (χ1n) is 8.19. The molecule has 0 spiro atoms. The molecule has 0 saturated heterocycles. The maximum absolute atomic E-state index is 11.3. The lowest BCUT2D eigenvalue weighted by Crippen LogP contribution is -2.15. The van der Waals surface area contributed by atoms with Gasteiger partial charge in [0.15, 0.2) is 0 Å². The SMILES string of the molecule is CCCSCC(c1ccc([N+](=O)[O-])cc1)C(O)c1ccccc1[N+](=O)[O-]. The van der Waals surface area contributed by atoms with E-state index in [1.807, 2.05) is 6.92 Å². The second kappa shape index (κ2) is 9.30. The molecule has 0 saturated carbocycles. The molecule has 0 radical (unpaired) electrons. The number of para-hydroxylation sites is 1. The van der Waals surface area contributed by atoms with E-state index in [2.05, 4.69) is 0 Å². The van der Waals surface area contributed by atoms with Gasteiger partial charge in [0.2, 0.25) is 0 Å². The standard InChI is InChI=1S/C18H20N2O5S/c1-2-11-26-12-16(13-7-9-14(10-8-13)19(22)23)18(21)15-5-3-4-6-17(15)20(24)25/h3-10,16,18,21H,2,11-12H2,1H3. The molecule has 1 N–H and O–H groups in total. The number of aliphatic hydroxyl groups excluding tert-OH is 1. The molecule has 0 fully saturated rings. The van der Waals surface area contributed by atoms with Crippen LogP contribution in [0.25, 0.3) is 0 Å². The molecular formula is C18H20N2O5S. The summed E-state index contributed by atoms with van der Waals surface area (Å²) in [7, 11) is 0. The summed E-state index contributed by atoms with van der Waals surface area (Å²) in [6.45, 7) is 2.05. The summed E-state index contributed by atoms with van der Waals surface area (Å²) in [5, 5.41) is 33.0. The van der Waals surface area contributed by atoms with Crippen molar-refractivity contribution < 1.29 is 15.0 Å². The van der Waals surface area contributed by atoms with E-state index in [1.165, 1.54) is 18.2 Å². The second-order valence-electron chi connectivity index (χ2n) is 5.79. The minimum Gasteiger partial charge on any atom is -0.387 e.